The number of nitrogens with zero attached hydrogens (tertiary/aromatic N) is 1. The van der Waals surface area contributed by atoms with Crippen LogP contribution in [0.3, 0.4) is 0 Å². The third-order valence-electron chi connectivity index (χ3n) is 4.26. The standard InChI is InChI=1S/C20H26N2O4/c1-15(20(24)25)22(12-10-21-16(2)23)11-5-13-26-19-9-8-17-6-3-4-7-18(17)14-19/h3-4,6-9,14-15H,5,10-13H2,1-2H3,(H,21,23)(H,24,25). The van der Waals surface area contributed by atoms with Gasteiger partial charge in [-0.25, -0.2) is 0 Å². The van der Waals surface area contributed by atoms with Crippen molar-refractivity contribution in [3.8, 4) is 5.75 Å². The molecule has 0 aliphatic carbocycles. The highest BCUT2D eigenvalue weighted by Gasteiger charge is 2.19. The van der Waals surface area contributed by atoms with Gasteiger partial charge < -0.3 is 15.2 Å². The second-order valence-electron chi connectivity index (χ2n) is 6.24. The van der Waals surface area contributed by atoms with Gasteiger partial charge in [-0.15, -0.1) is 0 Å². The lowest BCUT2D eigenvalue weighted by molar-refractivity contribution is -0.142. The smallest absolute Gasteiger partial charge is 0.320 e. The zero-order chi connectivity index (χ0) is 18.9. The molecular formula is C20H26N2O4. The first-order chi connectivity index (χ1) is 12.5. The van der Waals surface area contributed by atoms with Crippen LogP contribution in [0, 0.1) is 0 Å². The largest absolute Gasteiger partial charge is 0.494 e. The fourth-order valence-corrected chi connectivity index (χ4v) is 2.75. The van der Waals surface area contributed by atoms with Gasteiger partial charge in [-0.05, 0) is 36.2 Å². The topological polar surface area (TPSA) is 78.9 Å². The third kappa shape index (κ3) is 6.04. The van der Waals surface area contributed by atoms with Gasteiger partial charge in [0.1, 0.15) is 11.8 Å². The average molecular weight is 358 g/mol. The molecule has 2 N–H and O–H groups in total. The summed E-state index contributed by atoms with van der Waals surface area (Å²) >= 11 is 0. The maximum Gasteiger partial charge on any atom is 0.320 e. The van der Waals surface area contributed by atoms with Crippen molar-refractivity contribution in [2.45, 2.75) is 26.3 Å². The fourth-order valence-electron chi connectivity index (χ4n) is 2.75. The molecule has 2 aromatic carbocycles. The van der Waals surface area contributed by atoms with Crippen molar-refractivity contribution in [1.82, 2.24) is 10.2 Å². The molecule has 6 heteroatoms. The number of aliphatic carboxylic acids is 1. The van der Waals surface area contributed by atoms with Crippen LogP contribution in [0.2, 0.25) is 0 Å². The highest BCUT2D eigenvalue weighted by atomic mass is 16.5. The predicted molar refractivity (Wildman–Crippen MR) is 101 cm³/mol. The first kappa shape index (κ1) is 19.7. The Morgan fingerprint density at radius 3 is 2.58 bits per heavy atom. The van der Waals surface area contributed by atoms with E-state index in [-0.39, 0.29) is 5.91 Å². The van der Waals surface area contributed by atoms with E-state index in [9.17, 15) is 14.7 Å². The van der Waals surface area contributed by atoms with Crippen LogP contribution in [-0.2, 0) is 9.59 Å². The minimum Gasteiger partial charge on any atom is -0.494 e. The number of rotatable bonds is 10. The molecule has 0 fully saturated rings. The number of carbonyl (C=O) groups is 2. The molecule has 2 rings (SSSR count). The van der Waals surface area contributed by atoms with Crippen LogP contribution in [0.4, 0.5) is 0 Å². The molecule has 0 saturated carbocycles. The molecule has 1 amide bonds. The molecule has 140 valence electrons. The van der Waals surface area contributed by atoms with Gasteiger partial charge in [0, 0.05) is 26.6 Å². The summed E-state index contributed by atoms with van der Waals surface area (Å²) in [5.41, 5.74) is 0. The van der Waals surface area contributed by atoms with Crippen molar-refractivity contribution < 1.29 is 19.4 Å². The zero-order valence-electron chi connectivity index (χ0n) is 15.3. The highest BCUT2D eigenvalue weighted by molar-refractivity contribution is 5.83. The lowest BCUT2D eigenvalue weighted by atomic mass is 10.1. The van der Waals surface area contributed by atoms with Crippen molar-refractivity contribution in [3.05, 3.63) is 42.5 Å². The van der Waals surface area contributed by atoms with E-state index in [2.05, 4.69) is 11.4 Å². The van der Waals surface area contributed by atoms with Gasteiger partial charge >= 0.3 is 5.97 Å². The van der Waals surface area contributed by atoms with Crippen LogP contribution >= 0.6 is 0 Å². The van der Waals surface area contributed by atoms with E-state index < -0.39 is 12.0 Å². The Bertz CT molecular complexity index is 747. The van der Waals surface area contributed by atoms with Gasteiger partial charge in [0.05, 0.1) is 6.61 Å². The van der Waals surface area contributed by atoms with Crippen LogP contribution in [-0.4, -0.2) is 54.2 Å². The maximum atomic E-state index is 11.3. The molecule has 0 radical (unpaired) electrons. The molecule has 0 saturated heterocycles. The number of amides is 1. The Balaban J connectivity index is 1.83. The molecule has 1 unspecified atom stereocenters. The summed E-state index contributed by atoms with van der Waals surface area (Å²) in [6, 6.07) is 13.5. The van der Waals surface area contributed by atoms with Crippen molar-refractivity contribution in [2.24, 2.45) is 0 Å². The Labute approximate surface area is 153 Å². The number of ether oxygens (including phenoxy) is 1. The molecule has 0 aromatic heterocycles. The van der Waals surface area contributed by atoms with Gasteiger partial charge in [0.2, 0.25) is 5.91 Å². The van der Waals surface area contributed by atoms with E-state index in [0.29, 0.717) is 32.7 Å². The quantitative estimate of drug-likeness (QED) is 0.638. The highest BCUT2D eigenvalue weighted by Crippen LogP contribution is 2.20. The Hall–Kier alpha value is -2.60. The molecule has 0 aliphatic heterocycles. The van der Waals surface area contributed by atoms with Crippen LogP contribution in [0.5, 0.6) is 5.75 Å². The number of fused-ring (bicyclic) bond motifs is 1. The van der Waals surface area contributed by atoms with Gasteiger partial charge in [-0.2, -0.15) is 0 Å². The lowest BCUT2D eigenvalue weighted by Gasteiger charge is -2.26. The molecule has 0 spiro atoms. The van der Waals surface area contributed by atoms with E-state index in [0.717, 1.165) is 11.1 Å². The van der Waals surface area contributed by atoms with Gasteiger partial charge in [0.15, 0.2) is 0 Å². The third-order valence-corrected chi connectivity index (χ3v) is 4.26. The minimum atomic E-state index is -0.872. The normalized spacial score (nSPS) is 12.1. The van der Waals surface area contributed by atoms with Crippen molar-refractivity contribution in [2.75, 3.05) is 26.2 Å². The summed E-state index contributed by atoms with van der Waals surface area (Å²) in [5, 5.41) is 14.2. The first-order valence-corrected chi connectivity index (χ1v) is 8.80. The SMILES string of the molecule is CC(=O)NCCN(CCCOc1ccc2ccccc2c1)C(C)C(=O)O. The summed E-state index contributed by atoms with van der Waals surface area (Å²) in [5.74, 6) is -0.185. The van der Waals surface area contributed by atoms with Crippen LogP contribution in [0.15, 0.2) is 42.5 Å². The van der Waals surface area contributed by atoms with Gasteiger partial charge in [0.25, 0.3) is 0 Å². The molecular weight excluding hydrogens is 332 g/mol. The van der Waals surface area contributed by atoms with E-state index in [1.54, 1.807) is 6.92 Å². The molecule has 26 heavy (non-hydrogen) atoms. The number of carboxylic acid groups (broad SMARTS) is 1. The summed E-state index contributed by atoms with van der Waals surface area (Å²) in [6.07, 6.45) is 0.699. The van der Waals surface area contributed by atoms with E-state index in [4.69, 9.17) is 4.74 Å². The number of benzene rings is 2. The minimum absolute atomic E-state index is 0.118. The molecule has 2 aromatic rings. The number of hydrogen-bond donors (Lipinski definition) is 2. The van der Waals surface area contributed by atoms with E-state index in [1.165, 1.54) is 12.3 Å². The average Bonchev–Trinajstić information content (AvgIpc) is 2.62. The summed E-state index contributed by atoms with van der Waals surface area (Å²) in [6.45, 7) is 5.10. The summed E-state index contributed by atoms with van der Waals surface area (Å²) in [7, 11) is 0. The zero-order valence-corrected chi connectivity index (χ0v) is 15.3. The number of hydrogen-bond acceptors (Lipinski definition) is 4. The number of nitrogens with one attached hydrogen (secondary N) is 1. The molecule has 6 nitrogen and oxygen atoms in total. The molecule has 0 aliphatic rings. The van der Waals surface area contributed by atoms with Crippen LogP contribution in [0.1, 0.15) is 20.3 Å². The number of carbonyl (C=O) groups excluding carboxylic acids is 1. The molecule has 1 atom stereocenters. The Kier molecular flexibility index (Phi) is 7.41. The molecule has 0 bridgehead atoms. The fraction of sp³-hybridized carbons (Fsp3) is 0.400. The monoisotopic (exact) mass is 358 g/mol. The second kappa shape index (κ2) is 9.77. The molecule has 0 heterocycles. The lowest BCUT2D eigenvalue weighted by Crippen LogP contribution is -2.44. The van der Waals surface area contributed by atoms with Crippen molar-refractivity contribution >= 4 is 22.6 Å². The second-order valence-corrected chi connectivity index (χ2v) is 6.24. The number of carboxylic acids is 1. The predicted octanol–water partition coefficient (Wildman–Crippen LogP) is 2.52. The maximum absolute atomic E-state index is 11.3. The van der Waals surface area contributed by atoms with Gasteiger partial charge in [-0.1, -0.05) is 30.3 Å². The summed E-state index contributed by atoms with van der Waals surface area (Å²) in [4.78, 5) is 24.1. The van der Waals surface area contributed by atoms with Crippen LogP contribution in [0.25, 0.3) is 10.8 Å². The van der Waals surface area contributed by atoms with Crippen molar-refractivity contribution in [3.63, 3.8) is 0 Å². The van der Waals surface area contributed by atoms with E-state index in [1.807, 2.05) is 41.3 Å². The van der Waals surface area contributed by atoms with Crippen molar-refractivity contribution in [1.29, 1.82) is 0 Å². The summed E-state index contributed by atoms with van der Waals surface area (Å²) < 4.78 is 5.80. The Morgan fingerprint density at radius 2 is 1.88 bits per heavy atom. The first-order valence-electron chi connectivity index (χ1n) is 8.80. The van der Waals surface area contributed by atoms with Gasteiger partial charge in [-0.3, -0.25) is 14.5 Å². The van der Waals surface area contributed by atoms with Crippen LogP contribution < -0.4 is 10.1 Å². The van der Waals surface area contributed by atoms with E-state index >= 15 is 0 Å². The Morgan fingerprint density at radius 1 is 1.15 bits per heavy atom.